The van der Waals surface area contributed by atoms with E-state index < -0.39 is 0 Å². The van der Waals surface area contributed by atoms with E-state index in [0.29, 0.717) is 11.4 Å². The maximum atomic E-state index is 6.20. The van der Waals surface area contributed by atoms with Crippen molar-refractivity contribution >= 4 is 23.2 Å². The molecule has 0 radical (unpaired) electrons. The minimum atomic E-state index is 0.0391. The normalized spacial score (nSPS) is 12.2. The Balaban J connectivity index is 2.16. The lowest BCUT2D eigenvalue weighted by Gasteiger charge is -2.18. The Bertz CT molecular complexity index is 605. The van der Waals surface area contributed by atoms with Gasteiger partial charge in [0, 0.05) is 16.1 Å². The summed E-state index contributed by atoms with van der Waals surface area (Å²) in [6.45, 7) is 0. The summed E-state index contributed by atoms with van der Waals surface area (Å²) in [6, 6.07) is 13.4. The molecule has 5 heteroatoms. The highest BCUT2D eigenvalue weighted by molar-refractivity contribution is 6.31. The van der Waals surface area contributed by atoms with Gasteiger partial charge in [-0.25, -0.2) is 0 Å². The fourth-order valence-corrected chi connectivity index (χ4v) is 2.70. The van der Waals surface area contributed by atoms with Crippen molar-refractivity contribution in [2.75, 3.05) is 7.11 Å². The van der Waals surface area contributed by atoms with Crippen LogP contribution in [-0.4, -0.2) is 13.2 Å². The number of nitrogens with two attached hydrogens (primary N) is 1. The molecule has 1 atom stereocenters. The number of nitrogens with one attached hydrogen (secondary N) is 1. The second kappa shape index (κ2) is 7.66. The van der Waals surface area contributed by atoms with Gasteiger partial charge in [0.15, 0.2) is 0 Å². The van der Waals surface area contributed by atoms with Gasteiger partial charge < -0.3 is 4.74 Å². The molecule has 0 fully saturated rings. The van der Waals surface area contributed by atoms with Crippen molar-refractivity contribution in [1.29, 1.82) is 0 Å². The molecule has 0 saturated heterocycles. The molecular formula is C16H18Cl2N2O. The highest BCUT2D eigenvalue weighted by atomic mass is 35.5. The van der Waals surface area contributed by atoms with E-state index >= 15 is 0 Å². The molecule has 0 heterocycles. The molecule has 2 rings (SSSR count). The van der Waals surface area contributed by atoms with Gasteiger partial charge in [-0.15, -0.1) is 0 Å². The zero-order valence-corrected chi connectivity index (χ0v) is 13.3. The summed E-state index contributed by atoms with van der Waals surface area (Å²) in [5, 5.41) is 1.43. The van der Waals surface area contributed by atoms with Crippen LogP contribution in [0.5, 0.6) is 5.75 Å². The van der Waals surface area contributed by atoms with Crippen molar-refractivity contribution in [2.45, 2.75) is 18.9 Å². The van der Waals surface area contributed by atoms with Crippen molar-refractivity contribution in [2.24, 2.45) is 5.84 Å². The Hall–Kier alpha value is -1.26. The predicted molar refractivity (Wildman–Crippen MR) is 88.0 cm³/mol. The number of rotatable bonds is 6. The summed E-state index contributed by atoms with van der Waals surface area (Å²) in [5.74, 6) is 6.49. The van der Waals surface area contributed by atoms with Gasteiger partial charge in [0.05, 0.1) is 7.11 Å². The summed E-state index contributed by atoms with van der Waals surface area (Å²) in [5.41, 5.74) is 4.91. The Kier molecular flexibility index (Phi) is 5.88. The van der Waals surface area contributed by atoms with Crippen LogP contribution in [0.15, 0.2) is 42.5 Å². The highest BCUT2D eigenvalue weighted by Gasteiger charge is 2.14. The average Bonchev–Trinajstić information content (AvgIpc) is 2.49. The molecule has 3 nitrogen and oxygen atoms in total. The molecule has 1 unspecified atom stereocenters. The van der Waals surface area contributed by atoms with Crippen LogP contribution in [0, 0.1) is 0 Å². The van der Waals surface area contributed by atoms with Crippen molar-refractivity contribution in [3.05, 3.63) is 63.6 Å². The molecule has 0 aliphatic heterocycles. The number of halogens is 2. The number of methoxy groups -OCH3 is 1. The third-order valence-corrected chi connectivity index (χ3v) is 3.97. The summed E-state index contributed by atoms with van der Waals surface area (Å²) >= 11 is 12.3. The van der Waals surface area contributed by atoms with Crippen LogP contribution in [0.3, 0.4) is 0 Å². The zero-order chi connectivity index (χ0) is 15.2. The molecule has 0 aromatic heterocycles. The third-order valence-electron chi connectivity index (χ3n) is 3.37. The summed E-state index contributed by atoms with van der Waals surface area (Å²) in [7, 11) is 1.64. The van der Waals surface area contributed by atoms with E-state index in [4.69, 9.17) is 33.8 Å². The van der Waals surface area contributed by atoms with Crippen LogP contribution in [-0.2, 0) is 12.8 Å². The minimum Gasteiger partial charge on any atom is -0.496 e. The van der Waals surface area contributed by atoms with Gasteiger partial charge in [-0.2, -0.15) is 0 Å². The molecule has 0 bridgehead atoms. The second-order valence-electron chi connectivity index (χ2n) is 4.82. The van der Waals surface area contributed by atoms with Crippen LogP contribution in [0.2, 0.25) is 10.0 Å². The van der Waals surface area contributed by atoms with Gasteiger partial charge in [0.1, 0.15) is 5.75 Å². The van der Waals surface area contributed by atoms with Gasteiger partial charge in [-0.1, -0.05) is 41.4 Å². The van der Waals surface area contributed by atoms with Crippen molar-refractivity contribution < 1.29 is 4.74 Å². The van der Waals surface area contributed by atoms with Crippen molar-refractivity contribution in [1.82, 2.24) is 5.43 Å². The molecule has 2 aromatic rings. The Labute approximate surface area is 135 Å². The van der Waals surface area contributed by atoms with Crippen molar-refractivity contribution in [3.8, 4) is 5.75 Å². The fraction of sp³-hybridized carbons (Fsp3) is 0.250. The summed E-state index contributed by atoms with van der Waals surface area (Å²) in [6.07, 6.45) is 1.43. The van der Waals surface area contributed by atoms with E-state index in [1.54, 1.807) is 7.11 Å². The first-order valence-electron chi connectivity index (χ1n) is 6.66. The van der Waals surface area contributed by atoms with Crippen LogP contribution >= 0.6 is 23.2 Å². The number of ether oxygens (including phenoxy) is 1. The van der Waals surface area contributed by atoms with E-state index in [9.17, 15) is 0 Å². The molecule has 0 aliphatic carbocycles. The van der Waals surface area contributed by atoms with E-state index in [2.05, 4.69) is 5.43 Å². The van der Waals surface area contributed by atoms with Gasteiger partial charge in [0.25, 0.3) is 0 Å². The molecule has 0 saturated carbocycles. The largest absolute Gasteiger partial charge is 0.496 e. The first-order chi connectivity index (χ1) is 10.1. The molecule has 0 aliphatic rings. The lowest BCUT2D eigenvalue weighted by Crippen LogP contribution is -2.38. The van der Waals surface area contributed by atoms with Crippen molar-refractivity contribution in [3.63, 3.8) is 0 Å². The highest BCUT2D eigenvalue weighted by Crippen LogP contribution is 2.25. The molecular weight excluding hydrogens is 307 g/mol. The molecule has 0 spiro atoms. The van der Waals surface area contributed by atoms with Crippen LogP contribution in [0.1, 0.15) is 11.1 Å². The fourth-order valence-electron chi connectivity index (χ4n) is 2.29. The molecule has 21 heavy (non-hydrogen) atoms. The first kappa shape index (κ1) is 16.1. The molecule has 0 amide bonds. The molecule has 2 aromatic carbocycles. The maximum absolute atomic E-state index is 6.20. The van der Waals surface area contributed by atoms with E-state index in [1.165, 1.54) is 0 Å². The quantitative estimate of drug-likeness (QED) is 0.630. The second-order valence-corrected chi connectivity index (χ2v) is 5.66. The molecule has 3 N–H and O–H groups in total. The predicted octanol–water partition coefficient (Wildman–Crippen LogP) is 3.62. The monoisotopic (exact) mass is 324 g/mol. The number of hydrogen-bond acceptors (Lipinski definition) is 3. The Morgan fingerprint density at radius 2 is 1.81 bits per heavy atom. The number of hydrazine groups is 1. The summed E-state index contributed by atoms with van der Waals surface area (Å²) in [4.78, 5) is 0. The zero-order valence-electron chi connectivity index (χ0n) is 11.8. The van der Waals surface area contributed by atoms with Gasteiger partial charge in [0.2, 0.25) is 0 Å². The van der Waals surface area contributed by atoms with Gasteiger partial charge in [-0.3, -0.25) is 11.3 Å². The standard InChI is InChI=1S/C16H18Cl2N2O/c1-21-16-7-6-13(17)8-12(16)10-14(20-19)9-11-4-2-3-5-15(11)18/h2-8,14,20H,9-10,19H2,1H3. The Morgan fingerprint density at radius 1 is 1.10 bits per heavy atom. The molecule has 112 valence electrons. The minimum absolute atomic E-state index is 0.0391. The number of hydrogen-bond donors (Lipinski definition) is 2. The number of benzene rings is 2. The van der Waals surface area contributed by atoms with Crippen LogP contribution in [0.4, 0.5) is 0 Å². The van der Waals surface area contributed by atoms with E-state index in [-0.39, 0.29) is 6.04 Å². The lowest BCUT2D eigenvalue weighted by molar-refractivity contribution is 0.404. The third kappa shape index (κ3) is 4.35. The van der Waals surface area contributed by atoms with Gasteiger partial charge >= 0.3 is 0 Å². The Morgan fingerprint density at radius 3 is 2.48 bits per heavy atom. The smallest absolute Gasteiger partial charge is 0.122 e. The lowest BCUT2D eigenvalue weighted by atomic mass is 9.99. The average molecular weight is 325 g/mol. The van der Waals surface area contributed by atoms with E-state index in [1.807, 2.05) is 42.5 Å². The SMILES string of the molecule is COc1ccc(Cl)cc1CC(Cc1ccccc1Cl)NN. The maximum Gasteiger partial charge on any atom is 0.122 e. The first-order valence-corrected chi connectivity index (χ1v) is 7.41. The van der Waals surface area contributed by atoms with Gasteiger partial charge in [-0.05, 0) is 48.2 Å². The topological polar surface area (TPSA) is 47.3 Å². The van der Waals surface area contributed by atoms with Crippen LogP contribution in [0.25, 0.3) is 0 Å². The van der Waals surface area contributed by atoms with E-state index in [0.717, 1.165) is 28.3 Å². The summed E-state index contributed by atoms with van der Waals surface area (Å²) < 4.78 is 5.37. The van der Waals surface area contributed by atoms with Crippen LogP contribution < -0.4 is 16.0 Å².